The highest BCUT2D eigenvalue weighted by Crippen LogP contribution is 2.25. The maximum Gasteiger partial charge on any atom is 0.275 e. The van der Waals surface area contributed by atoms with Gasteiger partial charge in [0.1, 0.15) is 0 Å². The second-order valence-electron chi connectivity index (χ2n) is 4.72. The highest BCUT2D eigenvalue weighted by molar-refractivity contribution is 6.30. The number of benzene rings is 1. The first-order valence-corrected chi connectivity index (χ1v) is 6.68. The van der Waals surface area contributed by atoms with E-state index in [-0.39, 0.29) is 17.8 Å². The Bertz CT molecular complexity index is 467. The molecular weight excluding hydrogens is 268 g/mol. The number of hydrogen-bond acceptors (Lipinski definition) is 4. The van der Waals surface area contributed by atoms with Crippen LogP contribution in [0.25, 0.3) is 0 Å². The van der Waals surface area contributed by atoms with Gasteiger partial charge in [0.2, 0.25) is 0 Å². The van der Waals surface area contributed by atoms with Gasteiger partial charge in [-0.3, -0.25) is 10.1 Å². The SMILES string of the molecule is COC1CCCC1NCc1ccc(Cl)cc1[N+](=O)[O-]. The Morgan fingerprint density at radius 2 is 2.32 bits per heavy atom. The molecule has 0 heterocycles. The number of hydrogen-bond donors (Lipinski definition) is 1. The van der Waals surface area contributed by atoms with E-state index in [1.807, 2.05) is 0 Å². The van der Waals surface area contributed by atoms with E-state index < -0.39 is 4.92 Å². The molecule has 1 aliphatic rings. The first kappa shape index (κ1) is 14.2. The minimum atomic E-state index is -0.397. The van der Waals surface area contributed by atoms with E-state index in [0.29, 0.717) is 17.1 Å². The van der Waals surface area contributed by atoms with E-state index in [4.69, 9.17) is 16.3 Å². The second-order valence-corrected chi connectivity index (χ2v) is 5.16. The number of nitrogens with zero attached hydrogens (tertiary/aromatic N) is 1. The summed E-state index contributed by atoms with van der Waals surface area (Å²) in [6.45, 7) is 0.456. The van der Waals surface area contributed by atoms with Gasteiger partial charge in [-0.15, -0.1) is 0 Å². The smallest absolute Gasteiger partial charge is 0.275 e. The van der Waals surface area contributed by atoms with Crippen LogP contribution in [-0.4, -0.2) is 24.2 Å². The molecule has 2 atom stereocenters. The van der Waals surface area contributed by atoms with E-state index in [1.165, 1.54) is 6.07 Å². The van der Waals surface area contributed by atoms with Gasteiger partial charge in [0.25, 0.3) is 5.69 Å². The normalized spacial score (nSPS) is 22.6. The van der Waals surface area contributed by atoms with Crippen molar-refractivity contribution in [2.45, 2.75) is 38.0 Å². The van der Waals surface area contributed by atoms with Gasteiger partial charge in [0.05, 0.1) is 11.0 Å². The Hall–Kier alpha value is -1.17. The number of nitro benzene ring substituents is 1. The second kappa shape index (κ2) is 6.32. The molecule has 1 saturated carbocycles. The van der Waals surface area contributed by atoms with E-state index >= 15 is 0 Å². The third-order valence-electron chi connectivity index (χ3n) is 3.55. The van der Waals surface area contributed by atoms with Crippen molar-refractivity contribution in [1.82, 2.24) is 5.32 Å². The lowest BCUT2D eigenvalue weighted by atomic mass is 10.1. The van der Waals surface area contributed by atoms with Crippen molar-refractivity contribution in [3.05, 3.63) is 38.9 Å². The summed E-state index contributed by atoms with van der Waals surface area (Å²) in [6, 6.07) is 5.03. The topological polar surface area (TPSA) is 64.4 Å². The Kier molecular flexibility index (Phi) is 4.74. The fourth-order valence-corrected chi connectivity index (χ4v) is 2.71. The van der Waals surface area contributed by atoms with Crippen LogP contribution in [0.1, 0.15) is 24.8 Å². The average molecular weight is 285 g/mol. The van der Waals surface area contributed by atoms with E-state index in [1.54, 1.807) is 19.2 Å². The maximum absolute atomic E-state index is 11.0. The predicted octanol–water partition coefficient (Wildman–Crippen LogP) is 2.91. The van der Waals surface area contributed by atoms with Gasteiger partial charge in [0, 0.05) is 36.3 Å². The molecule has 0 radical (unpaired) electrons. The van der Waals surface area contributed by atoms with Crippen molar-refractivity contribution < 1.29 is 9.66 Å². The Balaban J connectivity index is 2.05. The first-order chi connectivity index (χ1) is 9.11. The third kappa shape index (κ3) is 3.43. The molecule has 104 valence electrons. The van der Waals surface area contributed by atoms with Gasteiger partial charge < -0.3 is 10.1 Å². The molecule has 5 nitrogen and oxygen atoms in total. The standard InChI is InChI=1S/C13H17ClN2O3/c1-19-13-4-2-3-11(13)15-8-9-5-6-10(14)7-12(9)16(17)18/h5-7,11,13,15H,2-4,8H2,1H3. The Morgan fingerprint density at radius 1 is 1.53 bits per heavy atom. The monoisotopic (exact) mass is 284 g/mol. The van der Waals surface area contributed by atoms with E-state index in [0.717, 1.165) is 19.3 Å². The van der Waals surface area contributed by atoms with Gasteiger partial charge in [-0.1, -0.05) is 11.6 Å². The zero-order valence-electron chi connectivity index (χ0n) is 10.8. The van der Waals surface area contributed by atoms with E-state index in [2.05, 4.69) is 5.32 Å². The molecule has 2 rings (SSSR count). The molecule has 1 N–H and O–H groups in total. The molecule has 0 spiro atoms. The molecule has 6 heteroatoms. The van der Waals surface area contributed by atoms with E-state index in [9.17, 15) is 10.1 Å². The third-order valence-corrected chi connectivity index (χ3v) is 3.79. The average Bonchev–Trinajstić information content (AvgIpc) is 2.84. The van der Waals surface area contributed by atoms with Crippen molar-refractivity contribution in [1.29, 1.82) is 0 Å². The van der Waals surface area contributed by atoms with Gasteiger partial charge in [-0.05, 0) is 31.4 Å². The summed E-state index contributed by atoms with van der Waals surface area (Å²) < 4.78 is 5.39. The lowest BCUT2D eigenvalue weighted by Gasteiger charge is -2.19. The highest BCUT2D eigenvalue weighted by Gasteiger charge is 2.27. The minimum absolute atomic E-state index is 0.0620. The lowest BCUT2D eigenvalue weighted by molar-refractivity contribution is -0.385. The number of rotatable bonds is 5. The fourth-order valence-electron chi connectivity index (χ4n) is 2.54. The number of nitrogens with one attached hydrogen (secondary N) is 1. The molecule has 1 aliphatic carbocycles. The molecule has 0 amide bonds. The minimum Gasteiger partial charge on any atom is -0.380 e. The van der Waals surface area contributed by atoms with Crippen molar-refractivity contribution in [2.75, 3.05) is 7.11 Å². The highest BCUT2D eigenvalue weighted by atomic mass is 35.5. The summed E-state index contributed by atoms with van der Waals surface area (Å²) in [5, 5.41) is 14.7. The van der Waals surface area contributed by atoms with Gasteiger partial charge in [0.15, 0.2) is 0 Å². The molecule has 1 fully saturated rings. The summed E-state index contributed by atoms with van der Waals surface area (Å²) in [6.07, 6.45) is 3.40. The van der Waals surface area contributed by atoms with Crippen molar-refractivity contribution >= 4 is 17.3 Å². The van der Waals surface area contributed by atoms with Crippen LogP contribution in [0.2, 0.25) is 5.02 Å². The number of ether oxygens (including phenoxy) is 1. The number of methoxy groups -OCH3 is 1. The molecule has 0 aliphatic heterocycles. The van der Waals surface area contributed by atoms with Gasteiger partial charge >= 0.3 is 0 Å². The molecule has 0 bridgehead atoms. The zero-order chi connectivity index (χ0) is 13.8. The summed E-state index contributed by atoms with van der Waals surface area (Å²) >= 11 is 5.79. The fraction of sp³-hybridized carbons (Fsp3) is 0.538. The predicted molar refractivity (Wildman–Crippen MR) is 73.4 cm³/mol. The van der Waals surface area contributed by atoms with Crippen molar-refractivity contribution in [2.24, 2.45) is 0 Å². The van der Waals surface area contributed by atoms with Gasteiger partial charge in [-0.25, -0.2) is 0 Å². The van der Waals surface area contributed by atoms with Crippen LogP contribution in [0.5, 0.6) is 0 Å². The van der Waals surface area contributed by atoms with Crippen LogP contribution >= 0.6 is 11.6 Å². The summed E-state index contributed by atoms with van der Waals surface area (Å²) in [7, 11) is 1.70. The van der Waals surface area contributed by atoms with Crippen LogP contribution in [0, 0.1) is 10.1 Å². The molecule has 0 aromatic heterocycles. The van der Waals surface area contributed by atoms with Crippen LogP contribution in [-0.2, 0) is 11.3 Å². The summed E-state index contributed by atoms with van der Waals surface area (Å²) in [4.78, 5) is 10.6. The Labute approximate surface area is 117 Å². The van der Waals surface area contributed by atoms with Crippen LogP contribution in [0.4, 0.5) is 5.69 Å². The molecular formula is C13H17ClN2O3. The number of halogens is 1. The van der Waals surface area contributed by atoms with Crippen LogP contribution in [0.3, 0.4) is 0 Å². The van der Waals surface area contributed by atoms with Crippen molar-refractivity contribution in [3.8, 4) is 0 Å². The quantitative estimate of drug-likeness (QED) is 0.667. The van der Waals surface area contributed by atoms with Gasteiger partial charge in [-0.2, -0.15) is 0 Å². The summed E-state index contributed by atoms with van der Waals surface area (Å²) in [5.41, 5.74) is 0.711. The van der Waals surface area contributed by atoms with Crippen molar-refractivity contribution in [3.63, 3.8) is 0 Å². The molecule has 1 aromatic carbocycles. The maximum atomic E-state index is 11.0. The lowest BCUT2D eigenvalue weighted by Crippen LogP contribution is -2.36. The molecule has 1 aromatic rings. The molecule has 2 unspecified atom stereocenters. The number of nitro groups is 1. The first-order valence-electron chi connectivity index (χ1n) is 6.31. The van der Waals surface area contributed by atoms with Crippen LogP contribution < -0.4 is 5.32 Å². The molecule has 19 heavy (non-hydrogen) atoms. The summed E-state index contributed by atoms with van der Waals surface area (Å²) in [5.74, 6) is 0. The van der Waals surface area contributed by atoms with Crippen LogP contribution in [0.15, 0.2) is 18.2 Å². The largest absolute Gasteiger partial charge is 0.380 e. The Morgan fingerprint density at radius 3 is 3.00 bits per heavy atom. The molecule has 0 saturated heterocycles. The zero-order valence-corrected chi connectivity index (χ0v) is 11.5.